The molecule has 0 radical (unpaired) electrons. The molecular weight excluding hydrogens is 308 g/mol. The lowest BCUT2D eigenvalue weighted by atomic mass is 9.96. The zero-order chi connectivity index (χ0) is 10.3. The summed E-state index contributed by atoms with van der Waals surface area (Å²) in [6.07, 6.45) is -1.30. The molecule has 0 saturated heterocycles. The van der Waals surface area contributed by atoms with Crippen molar-refractivity contribution in [1.82, 2.24) is 7.99 Å². The van der Waals surface area contributed by atoms with E-state index in [1.165, 1.54) is 2.90 Å². The molecule has 1 heterocycles. The Hall–Kier alpha value is -0.270. The molecule has 0 bridgehead atoms. The lowest BCUT2D eigenvalue weighted by Crippen LogP contribution is -2.11. The summed E-state index contributed by atoms with van der Waals surface area (Å²) in [4.78, 5) is 0. The fourth-order valence-corrected chi connectivity index (χ4v) is 2.53. The molecule has 0 N–H and O–H groups in total. The summed E-state index contributed by atoms with van der Waals surface area (Å²) in [6, 6.07) is 0. The Labute approximate surface area is 93.0 Å². The van der Waals surface area contributed by atoms with E-state index in [-0.39, 0.29) is 0 Å². The molecule has 14 heavy (non-hydrogen) atoms. The fraction of sp³-hybridized carbons (Fsp3) is 0.625. The monoisotopic (exact) mass is 316 g/mol. The van der Waals surface area contributed by atoms with Gasteiger partial charge in [-0.05, 0) is 25.7 Å². The van der Waals surface area contributed by atoms with Crippen LogP contribution >= 0.6 is 22.9 Å². The summed E-state index contributed by atoms with van der Waals surface area (Å²) in [6.45, 7) is 0. The van der Waals surface area contributed by atoms with Crippen molar-refractivity contribution in [3.63, 3.8) is 0 Å². The van der Waals surface area contributed by atoms with E-state index in [1.54, 1.807) is 0 Å². The van der Waals surface area contributed by atoms with Crippen molar-refractivity contribution in [3.8, 4) is 0 Å². The van der Waals surface area contributed by atoms with Gasteiger partial charge in [0, 0.05) is 5.56 Å². The van der Waals surface area contributed by atoms with Gasteiger partial charge in [-0.15, -0.1) is 0 Å². The summed E-state index contributed by atoms with van der Waals surface area (Å²) in [7, 11) is 0. The number of hydrogen-bond donors (Lipinski definition) is 0. The predicted octanol–water partition coefficient (Wildman–Crippen LogP) is 2.98. The van der Waals surface area contributed by atoms with Gasteiger partial charge in [-0.2, -0.15) is 18.3 Å². The Morgan fingerprint density at radius 2 is 1.86 bits per heavy atom. The van der Waals surface area contributed by atoms with Crippen molar-refractivity contribution in [2.45, 2.75) is 31.9 Å². The lowest BCUT2D eigenvalue weighted by Gasteiger charge is -2.12. The molecule has 0 unspecified atom stereocenters. The molecule has 1 aromatic heterocycles. The maximum absolute atomic E-state index is 12.5. The first kappa shape index (κ1) is 10.3. The summed E-state index contributed by atoms with van der Waals surface area (Å²) in [5.74, 6) is 0. The number of alkyl halides is 3. The van der Waals surface area contributed by atoms with Gasteiger partial charge in [0.25, 0.3) is 0 Å². The lowest BCUT2D eigenvalue weighted by molar-refractivity contribution is -0.141. The fourth-order valence-electron chi connectivity index (χ4n) is 1.78. The minimum Gasteiger partial charge on any atom is -0.208 e. The van der Waals surface area contributed by atoms with Crippen LogP contribution in [0.5, 0.6) is 0 Å². The molecule has 1 aliphatic carbocycles. The van der Waals surface area contributed by atoms with Gasteiger partial charge in [-0.1, -0.05) is 0 Å². The van der Waals surface area contributed by atoms with Gasteiger partial charge in [-0.3, -0.25) is 0 Å². The Morgan fingerprint density at radius 1 is 1.21 bits per heavy atom. The van der Waals surface area contributed by atoms with Gasteiger partial charge < -0.3 is 0 Å². The van der Waals surface area contributed by atoms with Gasteiger partial charge in [0.1, 0.15) is 0 Å². The third-order valence-corrected chi connectivity index (χ3v) is 3.20. The third-order valence-electron chi connectivity index (χ3n) is 2.40. The first-order chi connectivity index (χ1) is 6.50. The molecular formula is C8H8F3IN2. The van der Waals surface area contributed by atoms with Crippen LogP contribution in [0.3, 0.4) is 0 Å². The van der Waals surface area contributed by atoms with E-state index in [2.05, 4.69) is 5.10 Å². The molecule has 1 aliphatic rings. The Morgan fingerprint density at radius 3 is 2.50 bits per heavy atom. The molecule has 2 nitrogen and oxygen atoms in total. The summed E-state index contributed by atoms with van der Waals surface area (Å²) < 4.78 is 38.9. The van der Waals surface area contributed by atoms with Crippen molar-refractivity contribution >= 4 is 22.9 Å². The molecule has 1 aromatic rings. The van der Waals surface area contributed by atoms with E-state index in [9.17, 15) is 13.2 Å². The number of rotatable bonds is 0. The molecule has 0 fully saturated rings. The second-order valence-electron chi connectivity index (χ2n) is 3.34. The average molecular weight is 316 g/mol. The highest BCUT2D eigenvalue weighted by atomic mass is 127. The number of halogens is 4. The smallest absolute Gasteiger partial charge is 0.208 e. The Bertz CT molecular complexity index is 356. The summed E-state index contributed by atoms with van der Waals surface area (Å²) in [5, 5.41) is 3.54. The zero-order valence-corrected chi connectivity index (χ0v) is 9.39. The van der Waals surface area contributed by atoms with Crippen LogP contribution in [0, 0.1) is 0 Å². The molecule has 0 amide bonds. The van der Waals surface area contributed by atoms with E-state index >= 15 is 0 Å². The van der Waals surface area contributed by atoms with Crippen LogP contribution in [0.1, 0.15) is 29.8 Å². The Kier molecular flexibility index (Phi) is 2.48. The molecule has 0 aromatic carbocycles. The molecule has 2 rings (SSSR count). The third kappa shape index (κ3) is 1.64. The first-order valence-electron chi connectivity index (χ1n) is 4.34. The highest BCUT2D eigenvalue weighted by molar-refractivity contribution is 14.1. The molecule has 0 aliphatic heterocycles. The quantitative estimate of drug-likeness (QED) is 0.673. The van der Waals surface area contributed by atoms with Crippen LogP contribution < -0.4 is 0 Å². The maximum atomic E-state index is 12.5. The van der Waals surface area contributed by atoms with Crippen LogP contribution in [-0.4, -0.2) is 7.99 Å². The number of hydrogen-bond acceptors (Lipinski definition) is 1. The van der Waals surface area contributed by atoms with Gasteiger partial charge >= 0.3 is 6.18 Å². The highest BCUT2D eigenvalue weighted by Crippen LogP contribution is 2.36. The maximum Gasteiger partial charge on any atom is 0.435 e. The van der Waals surface area contributed by atoms with E-state index < -0.39 is 11.9 Å². The second kappa shape index (κ2) is 3.39. The van der Waals surface area contributed by atoms with E-state index in [0.29, 0.717) is 18.4 Å². The number of nitrogens with zero attached hydrogens (tertiary/aromatic N) is 2. The van der Waals surface area contributed by atoms with Crippen molar-refractivity contribution in [2.75, 3.05) is 0 Å². The summed E-state index contributed by atoms with van der Waals surface area (Å²) in [5.41, 5.74) is 0.448. The highest BCUT2D eigenvalue weighted by Gasteiger charge is 2.39. The number of aromatic nitrogens is 2. The minimum absolute atomic E-state index is 0.401. The SMILES string of the molecule is FC(F)(F)c1nn(I)c2c1CCCC2. The van der Waals surface area contributed by atoms with Crippen molar-refractivity contribution in [2.24, 2.45) is 0 Å². The standard InChI is InChI=1S/C8H8F3IN2/c9-8(10,11)7-5-3-1-2-4-6(5)14(12)13-7/h1-4H2. The van der Waals surface area contributed by atoms with Gasteiger partial charge in [0.2, 0.25) is 0 Å². The van der Waals surface area contributed by atoms with E-state index in [4.69, 9.17) is 0 Å². The van der Waals surface area contributed by atoms with Crippen LogP contribution in [0.4, 0.5) is 13.2 Å². The van der Waals surface area contributed by atoms with Gasteiger partial charge in [0.05, 0.1) is 28.6 Å². The first-order valence-corrected chi connectivity index (χ1v) is 5.31. The van der Waals surface area contributed by atoms with E-state index in [0.717, 1.165) is 18.5 Å². The van der Waals surface area contributed by atoms with Gasteiger partial charge in [0.15, 0.2) is 5.69 Å². The molecule has 6 heteroatoms. The van der Waals surface area contributed by atoms with Crippen molar-refractivity contribution in [1.29, 1.82) is 0 Å². The summed E-state index contributed by atoms with van der Waals surface area (Å²) >= 11 is 1.81. The second-order valence-corrected chi connectivity index (χ2v) is 4.25. The van der Waals surface area contributed by atoms with Crippen LogP contribution in [0.2, 0.25) is 0 Å². The largest absolute Gasteiger partial charge is 0.435 e. The normalized spacial score (nSPS) is 16.9. The molecule has 0 atom stereocenters. The van der Waals surface area contributed by atoms with Gasteiger partial charge in [-0.25, -0.2) is 2.90 Å². The Balaban J connectivity index is 2.52. The molecule has 0 saturated carbocycles. The minimum atomic E-state index is -4.31. The average Bonchev–Trinajstić information content (AvgIpc) is 2.44. The molecule has 0 spiro atoms. The van der Waals surface area contributed by atoms with Crippen LogP contribution in [0.15, 0.2) is 0 Å². The van der Waals surface area contributed by atoms with Crippen LogP contribution in [-0.2, 0) is 19.0 Å². The topological polar surface area (TPSA) is 17.8 Å². The predicted molar refractivity (Wildman–Crippen MR) is 53.3 cm³/mol. The molecule has 78 valence electrons. The number of fused-ring (bicyclic) bond motifs is 1. The van der Waals surface area contributed by atoms with Crippen molar-refractivity contribution in [3.05, 3.63) is 17.0 Å². The zero-order valence-electron chi connectivity index (χ0n) is 7.23. The van der Waals surface area contributed by atoms with Crippen LogP contribution in [0.25, 0.3) is 0 Å². The van der Waals surface area contributed by atoms with Crippen molar-refractivity contribution < 1.29 is 13.2 Å². The van der Waals surface area contributed by atoms with E-state index in [1.807, 2.05) is 22.9 Å².